The van der Waals surface area contributed by atoms with Crippen molar-refractivity contribution < 1.29 is 13.2 Å². The Bertz CT molecular complexity index is 462. The fourth-order valence-corrected chi connectivity index (χ4v) is 6.14. The number of nitrogens with zero attached hydrogens (tertiary/aromatic N) is 1. The molecule has 3 fully saturated rings. The Morgan fingerprint density at radius 1 is 1.05 bits per heavy atom. The summed E-state index contributed by atoms with van der Waals surface area (Å²) in [6, 6.07) is 0.753. The van der Waals surface area contributed by atoms with Crippen LogP contribution < -0.4 is 4.72 Å². The smallest absolute Gasteiger partial charge is 0.217 e. The van der Waals surface area contributed by atoms with E-state index in [0.29, 0.717) is 19.1 Å². The second-order valence-electron chi connectivity index (χ2n) is 7.19. The van der Waals surface area contributed by atoms with E-state index < -0.39 is 10.0 Å². The molecule has 0 spiro atoms. The van der Waals surface area contributed by atoms with Crippen LogP contribution in [0.1, 0.15) is 58.3 Å². The zero-order chi connectivity index (χ0) is 15.6. The monoisotopic (exact) mass is 330 g/mol. The van der Waals surface area contributed by atoms with E-state index in [2.05, 4.69) is 9.62 Å². The number of rotatable bonds is 4. The zero-order valence-electron chi connectivity index (χ0n) is 13.7. The minimum Gasteiger partial charge on any atom is -0.377 e. The zero-order valence-corrected chi connectivity index (χ0v) is 14.5. The van der Waals surface area contributed by atoms with E-state index in [1.165, 1.54) is 32.1 Å². The van der Waals surface area contributed by atoms with E-state index in [4.69, 9.17) is 4.74 Å². The lowest BCUT2D eigenvalue weighted by Gasteiger charge is -2.40. The second kappa shape index (κ2) is 7.16. The summed E-state index contributed by atoms with van der Waals surface area (Å²) in [5.41, 5.74) is 0. The van der Waals surface area contributed by atoms with Crippen LogP contribution in [0.25, 0.3) is 0 Å². The van der Waals surface area contributed by atoms with Crippen LogP contribution in [0.2, 0.25) is 0 Å². The summed E-state index contributed by atoms with van der Waals surface area (Å²) in [5, 5.41) is -0.377. The van der Waals surface area contributed by atoms with Gasteiger partial charge in [-0.15, -0.1) is 0 Å². The molecule has 3 aliphatic rings. The molecule has 128 valence electrons. The Kier molecular flexibility index (Phi) is 5.43. The highest BCUT2D eigenvalue weighted by molar-refractivity contribution is 7.90. The second-order valence-corrected chi connectivity index (χ2v) is 9.12. The fraction of sp³-hybridized carbons (Fsp3) is 1.00. The molecule has 0 bridgehead atoms. The number of sulfonamides is 1. The van der Waals surface area contributed by atoms with Crippen LogP contribution >= 0.6 is 0 Å². The average Bonchev–Trinajstić information content (AvgIpc) is 2.95. The summed E-state index contributed by atoms with van der Waals surface area (Å²) < 4.78 is 33.6. The molecule has 0 amide bonds. The molecule has 2 heterocycles. The summed E-state index contributed by atoms with van der Waals surface area (Å²) in [4.78, 5) is 2.53. The first-order valence-electron chi connectivity index (χ1n) is 8.93. The van der Waals surface area contributed by atoms with Gasteiger partial charge in [0.15, 0.2) is 0 Å². The third kappa shape index (κ3) is 3.83. The number of hydrogen-bond donors (Lipinski definition) is 1. The van der Waals surface area contributed by atoms with Crippen LogP contribution in [0.5, 0.6) is 0 Å². The van der Waals surface area contributed by atoms with Crippen molar-refractivity contribution in [2.75, 3.05) is 19.7 Å². The van der Waals surface area contributed by atoms with E-state index in [1.807, 2.05) is 6.92 Å². The quantitative estimate of drug-likeness (QED) is 0.855. The Balaban J connectivity index is 1.57. The molecule has 1 saturated carbocycles. The van der Waals surface area contributed by atoms with E-state index in [0.717, 1.165) is 25.9 Å². The van der Waals surface area contributed by atoms with Gasteiger partial charge >= 0.3 is 0 Å². The first kappa shape index (κ1) is 16.7. The summed E-state index contributed by atoms with van der Waals surface area (Å²) in [6.45, 7) is 4.44. The van der Waals surface area contributed by atoms with Crippen molar-refractivity contribution in [3.63, 3.8) is 0 Å². The van der Waals surface area contributed by atoms with Gasteiger partial charge in [0.1, 0.15) is 5.25 Å². The molecule has 6 heteroatoms. The standard InChI is InChI=1S/C16H30N2O3S/c1-13-16(9-11-21-13)22(19,20)17-14-6-5-10-18(12-14)15-7-3-2-4-8-15/h13-17H,2-12H2,1H3/t13-,14+,16+/m0/s1. The number of hydrogen-bond acceptors (Lipinski definition) is 4. The Hall–Kier alpha value is -0.170. The molecular weight excluding hydrogens is 300 g/mol. The van der Waals surface area contributed by atoms with Gasteiger partial charge in [-0.2, -0.15) is 0 Å². The first-order chi connectivity index (χ1) is 10.6. The lowest BCUT2D eigenvalue weighted by molar-refractivity contribution is 0.115. The molecule has 2 aliphatic heterocycles. The summed E-state index contributed by atoms with van der Waals surface area (Å²) >= 11 is 0. The van der Waals surface area contributed by atoms with Crippen LogP contribution in [0.15, 0.2) is 0 Å². The van der Waals surface area contributed by atoms with Crippen LogP contribution in [0.4, 0.5) is 0 Å². The van der Waals surface area contributed by atoms with Crippen LogP contribution in [-0.4, -0.2) is 56.5 Å². The van der Waals surface area contributed by atoms with Gasteiger partial charge in [-0.1, -0.05) is 19.3 Å². The molecule has 3 atom stereocenters. The highest BCUT2D eigenvalue weighted by atomic mass is 32.2. The molecule has 5 nitrogen and oxygen atoms in total. The molecule has 0 unspecified atom stereocenters. The maximum Gasteiger partial charge on any atom is 0.217 e. The largest absolute Gasteiger partial charge is 0.377 e. The van der Waals surface area contributed by atoms with Crippen molar-refractivity contribution in [1.29, 1.82) is 0 Å². The SMILES string of the molecule is C[C@@H]1OCC[C@H]1S(=O)(=O)N[C@@H]1CCCN(C2CCCCC2)C1. The van der Waals surface area contributed by atoms with Gasteiger partial charge in [-0.05, 0) is 45.6 Å². The van der Waals surface area contributed by atoms with Crippen LogP contribution in [0, 0.1) is 0 Å². The number of nitrogens with one attached hydrogen (secondary N) is 1. The minimum absolute atomic E-state index is 0.0773. The summed E-state index contributed by atoms with van der Waals surface area (Å²) in [7, 11) is -3.26. The molecule has 0 radical (unpaired) electrons. The van der Waals surface area contributed by atoms with Gasteiger partial charge in [-0.3, -0.25) is 4.90 Å². The highest BCUT2D eigenvalue weighted by Crippen LogP contribution is 2.26. The molecule has 1 aliphatic carbocycles. The van der Waals surface area contributed by atoms with E-state index >= 15 is 0 Å². The number of piperidine rings is 1. The third-order valence-electron chi connectivity index (χ3n) is 5.58. The molecule has 22 heavy (non-hydrogen) atoms. The normalized spacial score (nSPS) is 35.8. The van der Waals surface area contributed by atoms with Gasteiger partial charge < -0.3 is 4.74 Å². The topological polar surface area (TPSA) is 58.6 Å². The summed E-state index contributed by atoms with van der Waals surface area (Å²) in [6.07, 6.45) is 9.08. The summed E-state index contributed by atoms with van der Waals surface area (Å²) in [5.74, 6) is 0. The van der Waals surface area contributed by atoms with Crippen molar-refractivity contribution in [3.8, 4) is 0 Å². The Labute approximate surface area is 134 Å². The molecule has 1 N–H and O–H groups in total. The molecule has 0 aromatic heterocycles. The van der Waals surface area contributed by atoms with Gasteiger partial charge in [0.2, 0.25) is 10.0 Å². The van der Waals surface area contributed by atoms with Crippen LogP contribution in [0.3, 0.4) is 0 Å². The fourth-order valence-electron chi connectivity index (χ4n) is 4.32. The predicted molar refractivity (Wildman–Crippen MR) is 87.3 cm³/mol. The van der Waals surface area contributed by atoms with Crippen molar-refractivity contribution in [1.82, 2.24) is 9.62 Å². The van der Waals surface area contributed by atoms with Gasteiger partial charge in [0, 0.05) is 25.2 Å². The predicted octanol–water partition coefficient (Wildman–Crippen LogP) is 1.88. The molecule has 0 aromatic carbocycles. The molecular formula is C16H30N2O3S. The number of ether oxygens (including phenoxy) is 1. The number of likely N-dealkylation sites (tertiary alicyclic amines) is 1. The van der Waals surface area contributed by atoms with Crippen molar-refractivity contribution in [3.05, 3.63) is 0 Å². The lowest BCUT2D eigenvalue weighted by Crippen LogP contribution is -2.53. The van der Waals surface area contributed by atoms with Gasteiger partial charge in [-0.25, -0.2) is 13.1 Å². The van der Waals surface area contributed by atoms with E-state index in [1.54, 1.807) is 0 Å². The van der Waals surface area contributed by atoms with Gasteiger partial charge in [0.25, 0.3) is 0 Å². The van der Waals surface area contributed by atoms with Crippen molar-refractivity contribution >= 4 is 10.0 Å². The lowest BCUT2D eigenvalue weighted by atomic mass is 9.92. The first-order valence-corrected chi connectivity index (χ1v) is 10.5. The maximum atomic E-state index is 12.6. The van der Waals surface area contributed by atoms with Crippen molar-refractivity contribution in [2.45, 2.75) is 81.7 Å². The highest BCUT2D eigenvalue weighted by Gasteiger charge is 2.38. The van der Waals surface area contributed by atoms with Crippen molar-refractivity contribution in [2.24, 2.45) is 0 Å². The Morgan fingerprint density at radius 2 is 1.82 bits per heavy atom. The minimum atomic E-state index is -3.26. The molecule has 2 saturated heterocycles. The molecule has 0 aromatic rings. The van der Waals surface area contributed by atoms with Crippen LogP contribution in [-0.2, 0) is 14.8 Å². The average molecular weight is 330 g/mol. The maximum absolute atomic E-state index is 12.6. The molecule has 3 rings (SSSR count). The van der Waals surface area contributed by atoms with E-state index in [-0.39, 0.29) is 17.4 Å². The third-order valence-corrected chi connectivity index (χ3v) is 7.66. The van der Waals surface area contributed by atoms with Gasteiger partial charge in [0.05, 0.1) is 6.10 Å². The van der Waals surface area contributed by atoms with E-state index in [9.17, 15) is 8.42 Å². The Morgan fingerprint density at radius 3 is 2.50 bits per heavy atom.